The van der Waals surface area contributed by atoms with Crippen LogP contribution in [-0.2, 0) is 27.4 Å². The van der Waals surface area contributed by atoms with Gasteiger partial charge >= 0.3 is 6.18 Å². The van der Waals surface area contributed by atoms with Crippen molar-refractivity contribution in [2.75, 3.05) is 6.54 Å². The first-order chi connectivity index (χ1) is 18.6. The first-order valence-corrected chi connectivity index (χ1v) is 14.0. The lowest BCUT2D eigenvalue weighted by molar-refractivity contribution is -0.137. The molecule has 0 radical (unpaired) electrons. The van der Waals surface area contributed by atoms with Crippen LogP contribution in [-0.4, -0.2) is 41.2 Å². The van der Waals surface area contributed by atoms with E-state index in [1.54, 1.807) is 0 Å². The van der Waals surface area contributed by atoms with Gasteiger partial charge < -0.3 is 10.3 Å². The zero-order chi connectivity index (χ0) is 27.6. The number of aromatic nitrogens is 2. The van der Waals surface area contributed by atoms with Crippen LogP contribution in [0, 0.1) is 0 Å². The van der Waals surface area contributed by atoms with Gasteiger partial charge in [0, 0.05) is 6.54 Å². The van der Waals surface area contributed by atoms with E-state index in [9.17, 15) is 26.4 Å². The molecule has 1 saturated heterocycles. The number of fused-ring (bicyclic) bond motifs is 1. The van der Waals surface area contributed by atoms with E-state index in [-0.39, 0.29) is 13.0 Å². The standard InChI is InChI=1S/C28H27F3N4O3S/c29-28(30,31)20-11-8-12-21(18-20)39(37,38)35-16-7-6-15-25(35)27(36)34-24(17-19-9-2-1-3-10-19)26-32-22-13-4-5-14-23(22)33-26/h1-5,8-14,18,24-25H,6-7,15-17H2,(H,32,33)(H,34,36)/t24-,25-/m0/s1. The summed E-state index contributed by atoms with van der Waals surface area (Å²) in [5.41, 5.74) is 1.41. The highest BCUT2D eigenvalue weighted by molar-refractivity contribution is 7.89. The second-order valence-corrected chi connectivity index (χ2v) is 11.4. The van der Waals surface area contributed by atoms with E-state index in [0.717, 1.165) is 39.1 Å². The van der Waals surface area contributed by atoms with Gasteiger partial charge in [-0.2, -0.15) is 17.5 Å². The van der Waals surface area contributed by atoms with Crippen LogP contribution in [0.25, 0.3) is 11.0 Å². The SMILES string of the molecule is O=C(N[C@@H](Cc1ccccc1)c1nc2ccccc2[nH]1)[C@@H]1CCCCN1S(=O)(=O)c1cccc(C(F)(F)F)c1. The van der Waals surface area contributed by atoms with E-state index < -0.39 is 44.6 Å². The third kappa shape index (κ3) is 5.84. The Morgan fingerprint density at radius 2 is 1.77 bits per heavy atom. The van der Waals surface area contributed by atoms with Crippen molar-refractivity contribution in [1.29, 1.82) is 0 Å². The van der Waals surface area contributed by atoms with Crippen molar-refractivity contribution >= 4 is 27.0 Å². The van der Waals surface area contributed by atoms with Gasteiger partial charge in [-0.15, -0.1) is 0 Å². The van der Waals surface area contributed by atoms with Gasteiger partial charge in [-0.3, -0.25) is 4.79 Å². The van der Waals surface area contributed by atoms with Crippen molar-refractivity contribution in [2.45, 2.75) is 48.8 Å². The number of alkyl halides is 3. The summed E-state index contributed by atoms with van der Waals surface area (Å²) in [4.78, 5) is 21.1. The summed E-state index contributed by atoms with van der Waals surface area (Å²) in [6.45, 7) is 0.0324. The average molecular weight is 557 g/mol. The van der Waals surface area contributed by atoms with Crippen LogP contribution in [0.4, 0.5) is 13.2 Å². The Kier molecular flexibility index (Phi) is 7.46. The number of nitrogens with zero attached hydrogens (tertiary/aromatic N) is 2. The van der Waals surface area contributed by atoms with Crippen molar-refractivity contribution < 1.29 is 26.4 Å². The minimum atomic E-state index is -4.69. The van der Waals surface area contributed by atoms with Crippen molar-refractivity contribution in [3.8, 4) is 0 Å². The summed E-state index contributed by atoms with van der Waals surface area (Å²) in [6, 6.07) is 18.9. The van der Waals surface area contributed by atoms with Crippen LogP contribution in [0.3, 0.4) is 0 Å². The topological polar surface area (TPSA) is 95.2 Å². The number of rotatable bonds is 7. The van der Waals surface area contributed by atoms with Crippen molar-refractivity contribution in [3.63, 3.8) is 0 Å². The predicted octanol–water partition coefficient (Wildman–Crippen LogP) is 5.23. The highest BCUT2D eigenvalue weighted by Crippen LogP contribution is 2.33. The van der Waals surface area contributed by atoms with Gasteiger partial charge in [-0.1, -0.05) is 55.0 Å². The average Bonchev–Trinajstić information content (AvgIpc) is 3.37. The molecule has 1 aliphatic heterocycles. The molecule has 1 aromatic heterocycles. The Hall–Kier alpha value is -3.70. The van der Waals surface area contributed by atoms with E-state index in [1.807, 2.05) is 54.6 Å². The lowest BCUT2D eigenvalue weighted by Crippen LogP contribution is -2.52. The van der Waals surface area contributed by atoms with Crippen molar-refractivity contribution in [3.05, 3.63) is 95.8 Å². The molecule has 0 aliphatic carbocycles. The number of aromatic amines is 1. The van der Waals surface area contributed by atoms with Gasteiger partial charge in [0.15, 0.2) is 0 Å². The third-order valence-corrected chi connectivity index (χ3v) is 8.77. The zero-order valence-corrected chi connectivity index (χ0v) is 21.7. The molecule has 1 amide bonds. The van der Waals surface area contributed by atoms with Gasteiger partial charge in [-0.25, -0.2) is 13.4 Å². The van der Waals surface area contributed by atoms with E-state index >= 15 is 0 Å². The number of piperidine rings is 1. The van der Waals surface area contributed by atoms with Gasteiger partial charge in [0.05, 0.1) is 27.5 Å². The number of halogens is 3. The minimum absolute atomic E-state index is 0.0324. The predicted molar refractivity (Wildman–Crippen MR) is 140 cm³/mol. The molecule has 2 atom stereocenters. The van der Waals surface area contributed by atoms with E-state index in [0.29, 0.717) is 31.2 Å². The number of hydrogen-bond acceptors (Lipinski definition) is 4. The molecule has 4 aromatic rings. The Labute approximate surface area is 224 Å². The summed E-state index contributed by atoms with van der Waals surface area (Å²) in [6.07, 6.45) is -2.93. The fraction of sp³-hybridized carbons (Fsp3) is 0.286. The highest BCUT2D eigenvalue weighted by atomic mass is 32.2. The Morgan fingerprint density at radius 3 is 2.51 bits per heavy atom. The maximum Gasteiger partial charge on any atom is 0.416 e. The summed E-state index contributed by atoms with van der Waals surface area (Å²) >= 11 is 0. The molecule has 0 spiro atoms. The number of nitrogens with one attached hydrogen (secondary N) is 2. The molecule has 0 saturated carbocycles. The van der Waals surface area contributed by atoms with Crippen molar-refractivity contribution in [2.24, 2.45) is 0 Å². The molecular formula is C28H27F3N4O3S. The number of H-pyrrole nitrogens is 1. The van der Waals surface area contributed by atoms with Crippen LogP contribution < -0.4 is 5.32 Å². The molecule has 0 unspecified atom stereocenters. The molecule has 39 heavy (non-hydrogen) atoms. The first kappa shape index (κ1) is 26.9. The fourth-order valence-electron chi connectivity index (χ4n) is 4.89. The van der Waals surface area contributed by atoms with Crippen LogP contribution >= 0.6 is 0 Å². The highest BCUT2D eigenvalue weighted by Gasteiger charge is 2.40. The maximum absolute atomic E-state index is 13.7. The van der Waals surface area contributed by atoms with Gasteiger partial charge in [0.25, 0.3) is 0 Å². The van der Waals surface area contributed by atoms with E-state index in [2.05, 4.69) is 15.3 Å². The fourth-order valence-corrected chi connectivity index (χ4v) is 6.60. The molecule has 204 valence electrons. The number of para-hydroxylation sites is 2. The first-order valence-electron chi connectivity index (χ1n) is 12.6. The molecule has 7 nitrogen and oxygen atoms in total. The van der Waals surface area contributed by atoms with E-state index in [4.69, 9.17) is 0 Å². The number of amides is 1. The molecular weight excluding hydrogens is 529 g/mol. The molecule has 5 rings (SSSR count). The molecule has 1 aliphatic rings. The van der Waals surface area contributed by atoms with Crippen LogP contribution in [0.5, 0.6) is 0 Å². The maximum atomic E-state index is 13.7. The van der Waals surface area contributed by atoms with Crippen LogP contribution in [0.1, 0.15) is 42.3 Å². The van der Waals surface area contributed by atoms with Crippen LogP contribution in [0.2, 0.25) is 0 Å². The summed E-state index contributed by atoms with van der Waals surface area (Å²) < 4.78 is 67.9. The van der Waals surface area contributed by atoms with E-state index in [1.165, 1.54) is 0 Å². The quantitative estimate of drug-likeness (QED) is 0.326. The van der Waals surface area contributed by atoms with Gasteiger partial charge in [-0.05, 0) is 55.2 Å². The third-order valence-electron chi connectivity index (χ3n) is 6.86. The largest absolute Gasteiger partial charge is 0.416 e. The van der Waals surface area contributed by atoms with Crippen LogP contribution in [0.15, 0.2) is 83.8 Å². The lowest BCUT2D eigenvalue weighted by Gasteiger charge is -2.34. The molecule has 0 bridgehead atoms. The normalized spacial score (nSPS) is 17.7. The lowest BCUT2D eigenvalue weighted by atomic mass is 10.0. The van der Waals surface area contributed by atoms with Gasteiger partial charge in [0.2, 0.25) is 15.9 Å². The zero-order valence-electron chi connectivity index (χ0n) is 20.9. The Balaban J connectivity index is 1.44. The molecule has 11 heteroatoms. The summed E-state index contributed by atoms with van der Waals surface area (Å²) in [7, 11) is -4.37. The number of carbonyl (C=O) groups is 1. The number of benzene rings is 3. The minimum Gasteiger partial charge on any atom is -0.344 e. The van der Waals surface area contributed by atoms with Gasteiger partial charge in [0.1, 0.15) is 11.9 Å². The molecule has 2 heterocycles. The summed E-state index contributed by atoms with van der Waals surface area (Å²) in [5, 5.41) is 2.98. The molecule has 2 N–H and O–H groups in total. The smallest absolute Gasteiger partial charge is 0.344 e. The second kappa shape index (κ2) is 10.8. The number of imidazole rings is 1. The molecule has 3 aromatic carbocycles. The monoisotopic (exact) mass is 556 g/mol. The Morgan fingerprint density at radius 1 is 1.03 bits per heavy atom. The van der Waals surface area contributed by atoms with Crippen molar-refractivity contribution in [1.82, 2.24) is 19.6 Å². The summed E-state index contributed by atoms with van der Waals surface area (Å²) in [5.74, 6) is 0.00290. The number of carbonyl (C=O) groups excluding carboxylic acids is 1. The molecule has 1 fully saturated rings. The second-order valence-electron chi connectivity index (χ2n) is 9.54. The Bertz CT molecular complexity index is 1540. The number of sulfonamides is 1. The number of hydrogen-bond donors (Lipinski definition) is 2.